The fourth-order valence-electron chi connectivity index (χ4n) is 2.09. The molecule has 7 heteroatoms. The summed E-state index contributed by atoms with van der Waals surface area (Å²) in [6.07, 6.45) is -2.71. The van der Waals surface area contributed by atoms with E-state index in [4.69, 9.17) is 0 Å². The molecule has 1 amide bonds. The third-order valence-corrected chi connectivity index (χ3v) is 3.32. The maximum Gasteiger partial charge on any atom is 0.417 e. The molecule has 2 aromatic rings. The number of carbonyl (C=O) groups excluding carboxylic acids is 1. The van der Waals surface area contributed by atoms with Crippen molar-refractivity contribution in [3.05, 3.63) is 65.0 Å². The topological polar surface area (TPSA) is 54.0 Å². The van der Waals surface area contributed by atoms with Gasteiger partial charge < -0.3 is 0 Å². The number of hydrogen-bond donors (Lipinski definition) is 2. The van der Waals surface area contributed by atoms with E-state index in [2.05, 4.69) is 15.8 Å². The van der Waals surface area contributed by atoms with Crippen LogP contribution in [-0.4, -0.2) is 10.9 Å². The number of benzene rings is 1. The monoisotopic (exact) mass is 323 g/mol. The van der Waals surface area contributed by atoms with Gasteiger partial charge >= 0.3 is 6.18 Å². The van der Waals surface area contributed by atoms with Gasteiger partial charge in [0.1, 0.15) is 0 Å². The number of aryl methyl sites for hydroxylation is 1. The molecule has 0 spiro atoms. The van der Waals surface area contributed by atoms with Crippen molar-refractivity contribution in [3.8, 4) is 0 Å². The first kappa shape index (κ1) is 17.0. The van der Waals surface area contributed by atoms with Gasteiger partial charge in [0.2, 0.25) is 0 Å². The van der Waals surface area contributed by atoms with Crippen LogP contribution in [0.2, 0.25) is 0 Å². The molecule has 1 aromatic heterocycles. The van der Waals surface area contributed by atoms with E-state index in [0.717, 1.165) is 29.6 Å². The lowest BCUT2D eigenvalue weighted by Crippen LogP contribution is -2.39. The largest absolute Gasteiger partial charge is 0.417 e. The second kappa shape index (κ2) is 6.78. The molecule has 1 atom stereocenters. The van der Waals surface area contributed by atoms with E-state index in [0.29, 0.717) is 0 Å². The van der Waals surface area contributed by atoms with Crippen LogP contribution < -0.4 is 10.9 Å². The number of alkyl halides is 3. The highest BCUT2D eigenvalue weighted by molar-refractivity contribution is 5.95. The second-order valence-electron chi connectivity index (χ2n) is 5.15. The molecule has 4 nitrogen and oxygen atoms in total. The zero-order chi connectivity index (χ0) is 17.0. The number of aromatic nitrogens is 1. The van der Waals surface area contributed by atoms with E-state index in [1.54, 1.807) is 6.92 Å². The predicted molar refractivity (Wildman–Crippen MR) is 79.4 cm³/mol. The van der Waals surface area contributed by atoms with E-state index in [1.807, 2.05) is 31.2 Å². The van der Waals surface area contributed by atoms with Gasteiger partial charge in [-0.15, -0.1) is 0 Å². The van der Waals surface area contributed by atoms with Gasteiger partial charge in [0, 0.05) is 18.4 Å². The highest BCUT2D eigenvalue weighted by Crippen LogP contribution is 2.31. The molecule has 0 bridgehead atoms. The lowest BCUT2D eigenvalue weighted by atomic mass is 10.1. The molecule has 0 aliphatic rings. The quantitative estimate of drug-likeness (QED) is 0.848. The molecule has 0 aliphatic carbocycles. The smallest absolute Gasteiger partial charge is 0.287 e. The maximum atomic E-state index is 12.9. The Labute approximate surface area is 131 Å². The van der Waals surface area contributed by atoms with Gasteiger partial charge in [0.15, 0.2) is 0 Å². The molecule has 23 heavy (non-hydrogen) atoms. The highest BCUT2D eigenvalue weighted by atomic mass is 19.4. The highest BCUT2D eigenvalue weighted by Gasteiger charge is 2.35. The summed E-state index contributed by atoms with van der Waals surface area (Å²) < 4.78 is 38.7. The summed E-state index contributed by atoms with van der Waals surface area (Å²) in [6, 6.07) is 8.11. The summed E-state index contributed by atoms with van der Waals surface area (Å²) in [5, 5.41) is 0. The van der Waals surface area contributed by atoms with Crippen LogP contribution in [0.15, 0.2) is 42.7 Å². The van der Waals surface area contributed by atoms with Crippen molar-refractivity contribution < 1.29 is 18.0 Å². The first-order valence-electron chi connectivity index (χ1n) is 6.92. The van der Waals surface area contributed by atoms with Crippen LogP contribution in [-0.2, 0) is 6.18 Å². The number of pyridine rings is 1. The lowest BCUT2D eigenvalue weighted by molar-refractivity contribution is -0.138. The Hall–Kier alpha value is -2.41. The molecule has 0 aliphatic heterocycles. The molecule has 122 valence electrons. The van der Waals surface area contributed by atoms with Crippen LogP contribution in [0.3, 0.4) is 0 Å². The minimum Gasteiger partial charge on any atom is -0.287 e. The summed E-state index contributed by atoms with van der Waals surface area (Å²) in [5.74, 6) is -0.884. The lowest BCUT2D eigenvalue weighted by Gasteiger charge is -2.17. The Kier molecular flexibility index (Phi) is 5.00. The normalized spacial score (nSPS) is 12.7. The molecule has 0 saturated heterocycles. The van der Waals surface area contributed by atoms with Crippen molar-refractivity contribution in [1.29, 1.82) is 0 Å². The van der Waals surface area contributed by atoms with Crippen LogP contribution in [0, 0.1) is 6.92 Å². The average molecular weight is 323 g/mol. The fourth-order valence-corrected chi connectivity index (χ4v) is 2.09. The molecule has 0 saturated carbocycles. The number of carbonyl (C=O) groups is 1. The average Bonchev–Trinajstić information content (AvgIpc) is 2.51. The third-order valence-electron chi connectivity index (χ3n) is 3.32. The van der Waals surface area contributed by atoms with Crippen LogP contribution in [0.5, 0.6) is 0 Å². The molecule has 1 unspecified atom stereocenters. The van der Waals surface area contributed by atoms with Gasteiger partial charge in [-0.2, -0.15) is 13.2 Å². The predicted octanol–water partition coefficient (Wildman–Crippen LogP) is 3.40. The molecular weight excluding hydrogens is 307 g/mol. The van der Waals surface area contributed by atoms with Gasteiger partial charge in [0.25, 0.3) is 5.91 Å². The number of hydrogen-bond acceptors (Lipinski definition) is 3. The molecule has 0 radical (unpaired) electrons. The van der Waals surface area contributed by atoms with Crippen molar-refractivity contribution in [2.24, 2.45) is 0 Å². The fraction of sp³-hybridized carbons (Fsp3) is 0.250. The van der Waals surface area contributed by atoms with Crippen LogP contribution in [0.4, 0.5) is 13.2 Å². The molecule has 2 rings (SSSR count). The molecule has 1 heterocycles. The van der Waals surface area contributed by atoms with Gasteiger partial charge in [-0.3, -0.25) is 15.2 Å². The Morgan fingerprint density at radius 1 is 1.26 bits per heavy atom. The van der Waals surface area contributed by atoms with E-state index < -0.39 is 23.2 Å². The van der Waals surface area contributed by atoms with E-state index in [9.17, 15) is 18.0 Å². The van der Waals surface area contributed by atoms with Crippen molar-refractivity contribution in [1.82, 2.24) is 15.8 Å². The molecular formula is C16H16F3N3O. The van der Waals surface area contributed by atoms with Crippen molar-refractivity contribution in [2.75, 3.05) is 0 Å². The van der Waals surface area contributed by atoms with E-state index in [-0.39, 0.29) is 6.04 Å². The van der Waals surface area contributed by atoms with Gasteiger partial charge in [-0.25, -0.2) is 5.43 Å². The number of rotatable bonds is 4. The maximum absolute atomic E-state index is 12.9. The first-order chi connectivity index (χ1) is 10.8. The van der Waals surface area contributed by atoms with E-state index >= 15 is 0 Å². The second-order valence-corrected chi connectivity index (χ2v) is 5.15. The molecule has 0 fully saturated rings. The number of amides is 1. The van der Waals surface area contributed by atoms with Gasteiger partial charge in [-0.1, -0.05) is 29.8 Å². The molecule has 2 N–H and O–H groups in total. The summed E-state index contributed by atoms with van der Waals surface area (Å²) >= 11 is 0. The standard InChI is InChI=1S/C16H16F3N3O/c1-10-4-3-5-12(8-10)11(2)21-22-15(23)13-9-20-7-6-14(13)16(17,18)19/h3-9,11,21H,1-2H3,(H,22,23). The SMILES string of the molecule is Cc1cccc(C(C)NNC(=O)c2cnccc2C(F)(F)F)c1. The third kappa shape index (κ3) is 4.29. The minimum atomic E-state index is -4.61. The zero-order valence-electron chi connectivity index (χ0n) is 12.6. The zero-order valence-corrected chi connectivity index (χ0v) is 12.6. The summed E-state index contributed by atoms with van der Waals surface area (Å²) in [4.78, 5) is 15.6. The van der Waals surface area contributed by atoms with Crippen molar-refractivity contribution in [3.63, 3.8) is 0 Å². The van der Waals surface area contributed by atoms with Crippen molar-refractivity contribution >= 4 is 5.91 Å². The Balaban J connectivity index is 2.09. The van der Waals surface area contributed by atoms with E-state index in [1.165, 1.54) is 0 Å². The first-order valence-corrected chi connectivity index (χ1v) is 6.92. The van der Waals surface area contributed by atoms with Gasteiger partial charge in [0.05, 0.1) is 11.1 Å². The summed E-state index contributed by atoms with van der Waals surface area (Å²) in [6.45, 7) is 3.73. The minimum absolute atomic E-state index is 0.259. The van der Waals surface area contributed by atoms with Gasteiger partial charge in [-0.05, 0) is 25.5 Å². The Morgan fingerprint density at radius 2 is 2.00 bits per heavy atom. The Morgan fingerprint density at radius 3 is 2.65 bits per heavy atom. The number of halogens is 3. The molecule has 1 aromatic carbocycles. The Bertz CT molecular complexity index is 701. The number of nitrogens with zero attached hydrogens (tertiary/aromatic N) is 1. The summed E-state index contributed by atoms with van der Waals surface area (Å²) in [7, 11) is 0. The van der Waals surface area contributed by atoms with Crippen LogP contribution >= 0.6 is 0 Å². The van der Waals surface area contributed by atoms with Crippen molar-refractivity contribution in [2.45, 2.75) is 26.1 Å². The number of nitrogens with one attached hydrogen (secondary N) is 2. The summed E-state index contributed by atoms with van der Waals surface area (Å²) in [5.41, 5.74) is 5.43. The van der Waals surface area contributed by atoms with Crippen LogP contribution in [0.1, 0.15) is 40.0 Å². The number of hydrazine groups is 1. The van der Waals surface area contributed by atoms with Crippen LogP contribution in [0.25, 0.3) is 0 Å².